The summed E-state index contributed by atoms with van der Waals surface area (Å²) in [5.41, 5.74) is 11.1. The van der Waals surface area contributed by atoms with Crippen molar-refractivity contribution in [3.05, 3.63) is 173 Å². The summed E-state index contributed by atoms with van der Waals surface area (Å²) in [5.74, 6) is 1.72. The molecular weight excluding hydrogens is 867 g/mol. The Kier molecular flexibility index (Phi) is 9.19. The Labute approximate surface area is 350 Å². The van der Waals surface area contributed by atoms with Crippen molar-refractivity contribution in [1.82, 2.24) is 14.5 Å². The third-order valence-electron chi connectivity index (χ3n) is 9.80. The molecule has 0 spiro atoms. The number of para-hydroxylation sites is 3. The van der Waals surface area contributed by atoms with E-state index in [4.69, 9.17) is 13.2 Å². The molecule has 3 aromatic heterocycles. The first kappa shape index (κ1) is 31.1. The second-order valence-corrected chi connectivity index (χ2v) is 15.0. The van der Waals surface area contributed by atoms with Crippen LogP contribution in [0.2, 0.25) is 0 Å². The van der Waals surface area contributed by atoms with Gasteiger partial charge in [0.05, 0.1) is 16.9 Å². The van der Waals surface area contributed by atoms with Crippen molar-refractivity contribution in [2.75, 3.05) is 0 Å². The zero-order valence-corrected chi connectivity index (χ0v) is 34.2. The SMILES string of the molecule is CC(C)c1cccc(C(C)C)c1-n1c(-c2[c-]sc3ccc(-c4ccc5ccccc5c4)cc23)nc2ccccc21.[2H]C([2H])([2H])c1c[c-]c(-c2ccc(C([2H])([2H])[2H])cn2)cc1.[Ir]. The summed E-state index contributed by atoms with van der Waals surface area (Å²) in [5, 5.41) is 7.37. The molecule has 275 valence electrons. The number of aryl methyl sites for hydroxylation is 2. The molecule has 0 saturated carbocycles. The molecule has 0 saturated heterocycles. The van der Waals surface area contributed by atoms with Gasteiger partial charge in [0, 0.05) is 40.2 Å². The Morgan fingerprint density at radius 2 is 1.40 bits per heavy atom. The molecule has 0 amide bonds. The topological polar surface area (TPSA) is 30.7 Å². The minimum Gasteiger partial charge on any atom is -0.333 e. The Bertz CT molecular complexity index is 2880. The second kappa shape index (κ2) is 16.3. The Morgan fingerprint density at radius 1 is 0.691 bits per heavy atom. The van der Waals surface area contributed by atoms with Gasteiger partial charge in [0.25, 0.3) is 0 Å². The fraction of sp³-hybridized carbons (Fsp3) is 0.160. The Balaban J connectivity index is 0.000000226. The molecule has 0 unspecified atom stereocenters. The van der Waals surface area contributed by atoms with Gasteiger partial charge in [-0.3, -0.25) is 16.3 Å². The first-order valence-corrected chi connectivity index (χ1v) is 19.0. The number of nitrogens with zero attached hydrogens (tertiary/aromatic N) is 3. The number of hydrogen-bond acceptors (Lipinski definition) is 3. The van der Waals surface area contributed by atoms with Crippen LogP contribution in [0.1, 0.15) is 70.0 Å². The van der Waals surface area contributed by atoms with Crippen LogP contribution in [0.3, 0.4) is 0 Å². The minimum absolute atomic E-state index is 0. The number of pyridine rings is 1. The molecule has 55 heavy (non-hydrogen) atoms. The molecule has 0 atom stereocenters. The van der Waals surface area contributed by atoms with Crippen LogP contribution in [-0.4, -0.2) is 14.5 Å². The van der Waals surface area contributed by atoms with Crippen molar-refractivity contribution < 1.29 is 28.3 Å². The maximum Gasteiger partial charge on any atom is 0.0774 e. The number of benzene rings is 6. The zero-order chi connectivity index (χ0) is 42.3. The van der Waals surface area contributed by atoms with Gasteiger partial charge in [0.15, 0.2) is 0 Å². The number of imidazole rings is 1. The van der Waals surface area contributed by atoms with E-state index < -0.39 is 13.7 Å². The number of hydrogen-bond donors (Lipinski definition) is 0. The summed E-state index contributed by atoms with van der Waals surface area (Å²) in [4.78, 5) is 9.34. The summed E-state index contributed by atoms with van der Waals surface area (Å²) < 4.78 is 47.3. The number of aromatic nitrogens is 3. The van der Waals surface area contributed by atoms with Gasteiger partial charge in [-0.2, -0.15) is 0 Å². The predicted octanol–water partition coefficient (Wildman–Crippen LogP) is 13.9. The first-order valence-electron chi connectivity index (χ1n) is 21.2. The van der Waals surface area contributed by atoms with Crippen LogP contribution in [0.4, 0.5) is 0 Å². The average molecular weight is 916 g/mol. The first-order chi connectivity index (χ1) is 28.7. The van der Waals surface area contributed by atoms with Gasteiger partial charge in [0.1, 0.15) is 0 Å². The maximum absolute atomic E-state index is 7.28. The van der Waals surface area contributed by atoms with Gasteiger partial charge in [-0.15, -0.1) is 40.8 Å². The average Bonchev–Trinajstić information content (AvgIpc) is 3.84. The van der Waals surface area contributed by atoms with Crippen LogP contribution in [-0.2, 0) is 20.1 Å². The maximum atomic E-state index is 7.28. The van der Waals surface area contributed by atoms with Crippen LogP contribution >= 0.6 is 11.3 Å². The Morgan fingerprint density at radius 3 is 2.11 bits per heavy atom. The molecule has 0 N–H and O–H groups in total. The monoisotopic (exact) mass is 916 g/mol. The molecule has 0 fully saturated rings. The fourth-order valence-electron chi connectivity index (χ4n) is 7.02. The summed E-state index contributed by atoms with van der Waals surface area (Å²) >= 11 is 1.67. The van der Waals surface area contributed by atoms with Crippen molar-refractivity contribution in [2.24, 2.45) is 0 Å². The van der Waals surface area contributed by atoms with E-state index >= 15 is 0 Å². The normalized spacial score (nSPS) is 13.3. The quantitative estimate of drug-likeness (QED) is 0.156. The largest absolute Gasteiger partial charge is 0.333 e. The molecule has 0 aliphatic heterocycles. The van der Waals surface area contributed by atoms with E-state index in [1.54, 1.807) is 23.5 Å². The van der Waals surface area contributed by atoms with Gasteiger partial charge >= 0.3 is 0 Å². The van der Waals surface area contributed by atoms with Crippen molar-refractivity contribution >= 4 is 43.2 Å². The van der Waals surface area contributed by atoms with E-state index in [2.05, 4.69) is 152 Å². The standard InChI is InChI=1S/C37H31N2S.C13H12N.Ir/c1-23(2)29-12-9-13-30(24(3)4)36(29)39-34-15-8-7-14-33(34)38-37(39)32-22-40-35-19-18-28(21-31(32)35)27-17-16-25-10-5-6-11-26(25)20-27;1-10-3-6-12(7-4-10)13-8-5-11(2)9-14-13;/h5-21,23-24H,1-4H3;3-6,8-9H,1-2H3;/q2*-1;/i;1D3,2D3;. The van der Waals surface area contributed by atoms with E-state index in [1.807, 2.05) is 0 Å². The van der Waals surface area contributed by atoms with Crippen LogP contribution in [0.25, 0.3) is 71.4 Å². The van der Waals surface area contributed by atoms with Crippen LogP contribution in [0.5, 0.6) is 0 Å². The summed E-state index contributed by atoms with van der Waals surface area (Å²) in [7, 11) is 0. The molecule has 6 aromatic carbocycles. The molecule has 5 heteroatoms. The number of rotatable bonds is 6. The smallest absolute Gasteiger partial charge is 0.0774 e. The third kappa shape index (κ3) is 7.71. The van der Waals surface area contributed by atoms with Gasteiger partial charge < -0.3 is 9.55 Å². The van der Waals surface area contributed by atoms with Crippen molar-refractivity contribution in [1.29, 1.82) is 0 Å². The zero-order valence-electron chi connectivity index (χ0n) is 37.0. The molecule has 0 bridgehead atoms. The summed E-state index contributed by atoms with van der Waals surface area (Å²) in [6.07, 6.45) is 1.30. The van der Waals surface area contributed by atoms with E-state index in [-0.39, 0.29) is 31.2 Å². The molecule has 9 aromatic rings. The van der Waals surface area contributed by atoms with E-state index in [0.29, 0.717) is 23.1 Å². The van der Waals surface area contributed by atoms with Crippen molar-refractivity contribution in [2.45, 2.75) is 53.2 Å². The van der Waals surface area contributed by atoms with Crippen molar-refractivity contribution in [3.8, 4) is 39.5 Å². The summed E-state index contributed by atoms with van der Waals surface area (Å²) in [6, 6.07) is 47.8. The molecule has 1 radical (unpaired) electrons. The molecule has 0 aliphatic rings. The van der Waals surface area contributed by atoms with E-state index in [1.165, 1.54) is 73.2 Å². The molecular formula is C50H43IrN3S-2. The molecule has 3 nitrogen and oxygen atoms in total. The van der Waals surface area contributed by atoms with Gasteiger partial charge in [-0.25, -0.2) is 0 Å². The predicted molar refractivity (Wildman–Crippen MR) is 230 cm³/mol. The number of thiophene rings is 1. The van der Waals surface area contributed by atoms with Crippen LogP contribution in [0.15, 0.2) is 140 Å². The van der Waals surface area contributed by atoms with Crippen molar-refractivity contribution in [3.63, 3.8) is 0 Å². The van der Waals surface area contributed by atoms with Gasteiger partial charge in [-0.1, -0.05) is 147 Å². The summed E-state index contributed by atoms with van der Waals surface area (Å²) in [6.45, 7) is 4.79. The molecule has 0 aliphatic carbocycles. The molecule has 3 heterocycles. The fourth-order valence-corrected chi connectivity index (χ4v) is 7.84. The number of fused-ring (bicyclic) bond motifs is 3. The third-order valence-corrected chi connectivity index (χ3v) is 10.7. The molecule has 9 rings (SSSR count). The van der Waals surface area contributed by atoms with Crippen LogP contribution in [0, 0.1) is 25.2 Å². The Hall–Kier alpha value is -5.19. The second-order valence-electron chi connectivity index (χ2n) is 14.1. The van der Waals surface area contributed by atoms with Crippen LogP contribution < -0.4 is 0 Å². The van der Waals surface area contributed by atoms with Gasteiger partial charge in [-0.05, 0) is 81.2 Å². The minimum atomic E-state index is -2.18. The van der Waals surface area contributed by atoms with E-state index in [9.17, 15) is 0 Å². The van der Waals surface area contributed by atoms with Gasteiger partial charge in [0.2, 0.25) is 0 Å². The van der Waals surface area contributed by atoms with E-state index in [0.717, 1.165) is 22.4 Å².